The molecule has 0 saturated carbocycles. The molecule has 0 spiro atoms. The highest BCUT2D eigenvalue weighted by Crippen LogP contribution is 2.44. The Bertz CT molecular complexity index is 1080. The van der Waals surface area contributed by atoms with Crippen molar-refractivity contribution in [3.8, 4) is 6.07 Å². The molecule has 0 bridgehead atoms. The molecule has 1 aromatic carbocycles. The minimum Gasteiger partial charge on any atom is -0.444 e. The van der Waals surface area contributed by atoms with E-state index in [1.54, 1.807) is 31.2 Å². The molecule has 4 N–H and O–H groups in total. The van der Waals surface area contributed by atoms with Gasteiger partial charge in [0, 0.05) is 22.5 Å². The Morgan fingerprint density at radius 2 is 2.31 bits per heavy atom. The average molecular weight is 415 g/mol. The van der Waals surface area contributed by atoms with Gasteiger partial charge in [-0.1, -0.05) is 11.6 Å². The second kappa shape index (κ2) is 6.99. The number of anilines is 1. The Balaban J connectivity index is 1.67. The smallest absolute Gasteiger partial charge is 0.284 e. The van der Waals surface area contributed by atoms with Crippen molar-refractivity contribution in [1.82, 2.24) is 10.3 Å². The van der Waals surface area contributed by atoms with Crippen LogP contribution in [0.1, 0.15) is 27.2 Å². The van der Waals surface area contributed by atoms with E-state index in [1.807, 2.05) is 6.07 Å². The molecule has 1 amide bonds. The maximum absolute atomic E-state index is 14.2. The first kappa shape index (κ1) is 19.1. The molecule has 1 fully saturated rings. The lowest BCUT2D eigenvalue weighted by Gasteiger charge is -2.30. The maximum Gasteiger partial charge on any atom is 0.284 e. The number of nitrogens with one attached hydrogen (secondary N) is 2. The number of nitrogens with two attached hydrogens (primary N) is 1. The fourth-order valence-electron chi connectivity index (χ4n) is 3.45. The van der Waals surface area contributed by atoms with Crippen molar-refractivity contribution in [2.45, 2.75) is 24.7 Å². The molecule has 3 atom stereocenters. The Morgan fingerprint density at radius 3 is 3.00 bits per heavy atom. The maximum atomic E-state index is 14.2. The minimum atomic E-state index is -1.34. The largest absolute Gasteiger partial charge is 0.444 e. The van der Waals surface area contributed by atoms with E-state index in [2.05, 4.69) is 20.6 Å². The number of aliphatic imine (C=N–C) groups is 1. The molecule has 8 nitrogen and oxygen atoms in total. The van der Waals surface area contributed by atoms with Crippen LogP contribution in [0.3, 0.4) is 0 Å². The molecule has 148 valence electrons. The van der Waals surface area contributed by atoms with Crippen molar-refractivity contribution >= 4 is 29.2 Å². The predicted octanol–water partition coefficient (Wildman–Crippen LogP) is 1.97. The van der Waals surface area contributed by atoms with Crippen LogP contribution < -0.4 is 16.4 Å². The summed E-state index contributed by atoms with van der Waals surface area (Å²) in [5, 5.41) is 14.9. The van der Waals surface area contributed by atoms with Gasteiger partial charge in [0.25, 0.3) is 11.9 Å². The van der Waals surface area contributed by atoms with Crippen molar-refractivity contribution in [2.75, 3.05) is 12.0 Å². The fraction of sp³-hybridized carbons (Fsp3) is 0.263. The molecule has 4 rings (SSSR count). The highest BCUT2D eigenvalue weighted by atomic mass is 35.5. The van der Waals surface area contributed by atoms with Gasteiger partial charge in [0.1, 0.15) is 24.0 Å². The number of hydrogen-bond acceptors (Lipinski definition) is 7. The molecule has 3 heterocycles. The number of halogens is 2. The number of pyridine rings is 1. The molecule has 1 saturated heterocycles. The highest BCUT2D eigenvalue weighted by molar-refractivity contribution is 6.31. The number of nitriles is 1. The lowest BCUT2D eigenvalue weighted by molar-refractivity contribution is 0.102. The van der Waals surface area contributed by atoms with E-state index in [9.17, 15) is 9.18 Å². The fourth-order valence-corrected chi connectivity index (χ4v) is 3.73. The van der Waals surface area contributed by atoms with E-state index in [4.69, 9.17) is 27.3 Å². The molecule has 0 unspecified atom stereocenters. The van der Waals surface area contributed by atoms with E-state index in [1.165, 1.54) is 6.20 Å². The number of nitrogens with zero attached hydrogens (tertiary/aromatic N) is 3. The number of amidine groups is 1. The van der Waals surface area contributed by atoms with Crippen LogP contribution in [0.2, 0.25) is 5.02 Å². The number of ether oxygens (including phenoxy) is 1. The van der Waals surface area contributed by atoms with Crippen molar-refractivity contribution in [3.63, 3.8) is 0 Å². The molecule has 2 aliphatic heterocycles. The van der Waals surface area contributed by atoms with Gasteiger partial charge in [-0.3, -0.25) is 10.1 Å². The van der Waals surface area contributed by atoms with E-state index in [0.717, 1.165) is 0 Å². The molecule has 0 aliphatic carbocycles. The Kier molecular flexibility index (Phi) is 4.61. The van der Waals surface area contributed by atoms with Crippen LogP contribution in [-0.4, -0.2) is 35.9 Å². The SMILES string of the molecule is Cc1cc(C#N)cnc1C(=O)Nc1ccc(Cl)c([C@@]2(CF)N=C(N)O[C@@H]3N[C@@H]32)c1. The number of hydrogen-bond donors (Lipinski definition) is 3. The van der Waals surface area contributed by atoms with Gasteiger partial charge in [-0.25, -0.2) is 14.4 Å². The summed E-state index contributed by atoms with van der Waals surface area (Å²) in [5.41, 5.74) is 6.24. The predicted molar refractivity (Wildman–Crippen MR) is 104 cm³/mol. The summed E-state index contributed by atoms with van der Waals surface area (Å²) in [7, 11) is 0. The third-order valence-electron chi connectivity index (χ3n) is 4.93. The number of rotatable bonds is 4. The number of alkyl halides is 1. The molecule has 1 aromatic heterocycles. The highest BCUT2D eigenvalue weighted by Gasteiger charge is 2.59. The Hall–Kier alpha value is -3.22. The zero-order chi connectivity index (χ0) is 20.8. The van der Waals surface area contributed by atoms with Crippen molar-refractivity contribution in [3.05, 3.63) is 57.9 Å². The van der Waals surface area contributed by atoms with Crippen LogP contribution in [0.4, 0.5) is 10.1 Å². The van der Waals surface area contributed by atoms with Crippen LogP contribution in [0, 0.1) is 18.3 Å². The number of aryl methyl sites for hydroxylation is 1. The summed E-state index contributed by atoms with van der Waals surface area (Å²) in [5.74, 6) is -0.466. The molecule has 2 aromatic rings. The number of carbonyl (C=O) groups excluding carboxylic acids is 1. The number of benzene rings is 1. The van der Waals surface area contributed by atoms with Gasteiger partial charge in [-0.15, -0.1) is 0 Å². The van der Waals surface area contributed by atoms with Gasteiger partial charge in [0.2, 0.25) is 0 Å². The topological polar surface area (TPSA) is 135 Å². The molecular formula is C19H16ClFN6O2. The normalized spacial score (nSPS) is 24.6. The first-order chi connectivity index (χ1) is 13.9. The molecular weight excluding hydrogens is 399 g/mol. The third-order valence-corrected chi connectivity index (χ3v) is 5.26. The minimum absolute atomic E-state index is 0.128. The van der Waals surface area contributed by atoms with E-state index >= 15 is 0 Å². The third kappa shape index (κ3) is 3.26. The Labute approximate surface area is 170 Å². The summed E-state index contributed by atoms with van der Waals surface area (Å²) in [6.07, 6.45) is 0.897. The van der Waals surface area contributed by atoms with Gasteiger partial charge in [0.05, 0.1) is 11.6 Å². The zero-order valence-corrected chi connectivity index (χ0v) is 16.0. The van der Waals surface area contributed by atoms with Crippen LogP contribution in [-0.2, 0) is 10.3 Å². The second-order valence-electron chi connectivity index (χ2n) is 6.84. The van der Waals surface area contributed by atoms with Crippen molar-refractivity contribution in [2.24, 2.45) is 10.7 Å². The van der Waals surface area contributed by atoms with Crippen molar-refractivity contribution in [1.29, 1.82) is 5.26 Å². The standard InChI is InChI=1S/C19H16ClFN6O2/c1-9-4-10(6-22)7-24-14(9)16(28)25-11-2-3-13(20)12(5-11)19(8-21)15-17(26-15)29-18(23)27-19/h2-5,7,15,17,26H,8H2,1H3,(H2,23,27)(H,25,28)/t15-,17-,19+/m0/s1. The van der Waals surface area contributed by atoms with Crippen LogP contribution in [0.15, 0.2) is 35.5 Å². The lowest BCUT2D eigenvalue weighted by Crippen LogP contribution is -2.42. The summed E-state index contributed by atoms with van der Waals surface area (Å²) in [6, 6.07) is 7.73. The molecule has 10 heteroatoms. The first-order valence-corrected chi connectivity index (χ1v) is 9.08. The summed E-state index contributed by atoms with van der Waals surface area (Å²) in [6.45, 7) is 0.838. The van der Waals surface area contributed by atoms with Gasteiger partial charge in [-0.05, 0) is 36.8 Å². The van der Waals surface area contributed by atoms with Crippen LogP contribution in [0.25, 0.3) is 0 Å². The van der Waals surface area contributed by atoms with Crippen LogP contribution >= 0.6 is 11.6 Å². The molecule has 29 heavy (non-hydrogen) atoms. The van der Waals surface area contributed by atoms with Gasteiger partial charge in [-0.2, -0.15) is 5.26 Å². The van der Waals surface area contributed by atoms with Crippen LogP contribution in [0.5, 0.6) is 0 Å². The van der Waals surface area contributed by atoms with Gasteiger partial charge >= 0.3 is 0 Å². The summed E-state index contributed by atoms with van der Waals surface area (Å²) >= 11 is 6.34. The molecule has 0 radical (unpaired) electrons. The van der Waals surface area contributed by atoms with Gasteiger partial charge < -0.3 is 15.8 Å². The number of amides is 1. The van der Waals surface area contributed by atoms with E-state index < -0.39 is 30.4 Å². The number of aromatic nitrogens is 1. The monoisotopic (exact) mass is 414 g/mol. The zero-order valence-electron chi connectivity index (χ0n) is 15.2. The summed E-state index contributed by atoms with van der Waals surface area (Å²) < 4.78 is 19.5. The summed E-state index contributed by atoms with van der Waals surface area (Å²) in [4.78, 5) is 20.9. The Morgan fingerprint density at radius 1 is 1.52 bits per heavy atom. The second-order valence-corrected chi connectivity index (χ2v) is 7.25. The van der Waals surface area contributed by atoms with Gasteiger partial charge in [0.15, 0.2) is 6.23 Å². The first-order valence-electron chi connectivity index (χ1n) is 8.70. The van der Waals surface area contributed by atoms with E-state index in [0.29, 0.717) is 27.4 Å². The lowest BCUT2D eigenvalue weighted by atomic mass is 9.87. The molecule has 2 aliphatic rings. The average Bonchev–Trinajstić information content (AvgIpc) is 3.48. The quantitative estimate of drug-likeness (QED) is 0.654. The number of fused-ring (bicyclic) bond motifs is 1. The van der Waals surface area contributed by atoms with E-state index in [-0.39, 0.29) is 11.7 Å². The van der Waals surface area contributed by atoms with Crippen molar-refractivity contribution < 1.29 is 13.9 Å². The number of carbonyl (C=O) groups is 1.